The Balaban J connectivity index is 4.65. The van der Waals surface area contributed by atoms with Crippen molar-refractivity contribution in [3.63, 3.8) is 0 Å². The quantitative estimate of drug-likeness (QED) is 0.379. The highest BCUT2D eigenvalue weighted by molar-refractivity contribution is 6.00. The van der Waals surface area contributed by atoms with Gasteiger partial charge in [-0.05, 0) is 12.8 Å². The Kier molecular flexibility index (Phi) is 6.92. The van der Waals surface area contributed by atoms with Crippen LogP contribution in [0.25, 0.3) is 0 Å². The van der Waals surface area contributed by atoms with Gasteiger partial charge in [0, 0.05) is 0 Å². The van der Waals surface area contributed by atoms with Crippen LogP contribution >= 0.6 is 0 Å². The van der Waals surface area contributed by atoms with Crippen molar-refractivity contribution >= 4 is 11.9 Å². The Morgan fingerprint density at radius 1 is 1.12 bits per heavy atom. The van der Waals surface area contributed by atoms with Crippen molar-refractivity contribution in [2.24, 2.45) is 0 Å². The Hall–Kier alpha value is -1.58. The zero-order valence-corrected chi connectivity index (χ0v) is 9.53. The highest BCUT2D eigenvalue weighted by Crippen LogP contribution is 2.15. The van der Waals surface area contributed by atoms with E-state index in [2.05, 4.69) is 13.5 Å². The molecule has 4 heteroatoms. The SMILES string of the molecule is C=CC(C(=O)O)=C(CCCCCC)C(=O)O. The van der Waals surface area contributed by atoms with Crippen LogP contribution in [-0.2, 0) is 9.59 Å². The first-order valence-corrected chi connectivity index (χ1v) is 5.36. The summed E-state index contributed by atoms with van der Waals surface area (Å²) in [5.74, 6) is -2.41. The second-order valence-electron chi connectivity index (χ2n) is 3.52. The molecule has 0 saturated carbocycles. The average molecular weight is 226 g/mol. The lowest BCUT2D eigenvalue weighted by atomic mass is 10.0. The van der Waals surface area contributed by atoms with Crippen LogP contribution in [0.4, 0.5) is 0 Å². The summed E-state index contributed by atoms with van der Waals surface area (Å²) in [6.07, 6.45) is 5.06. The number of rotatable bonds is 8. The maximum Gasteiger partial charge on any atom is 0.336 e. The summed E-state index contributed by atoms with van der Waals surface area (Å²) in [6.45, 7) is 5.38. The van der Waals surface area contributed by atoms with Crippen molar-refractivity contribution in [3.8, 4) is 0 Å². The normalized spacial score (nSPS) is 11.8. The topological polar surface area (TPSA) is 74.6 Å². The monoisotopic (exact) mass is 226 g/mol. The minimum atomic E-state index is -1.23. The number of aliphatic carboxylic acids is 2. The molecule has 0 aliphatic heterocycles. The number of carboxylic acids is 2. The predicted octanol–water partition coefficient (Wildman–Crippen LogP) is 2.61. The van der Waals surface area contributed by atoms with Crippen LogP contribution in [-0.4, -0.2) is 22.2 Å². The summed E-state index contributed by atoms with van der Waals surface area (Å²) in [5, 5.41) is 17.7. The van der Waals surface area contributed by atoms with Gasteiger partial charge in [0.25, 0.3) is 0 Å². The fraction of sp³-hybridized carbons (Fsp3) is 0.500. The Labute approximate surface area is 95.3 Å². The lowest BCUT2D eigenvalue weighted by Crippen LogP contribution is -2.10. The van der Waals surface area contributed by atoms with Gasteiger partial charge in [-0.1, -0.05) is 38.8 Å². The molecule has 0 unspecified atom stereocenters. The van der Waals surface area contributed by atoms with Crippen molar-refractivity contribution in [1.82, 2.24) is 0 Å². The molecule has 0 saturated heterocycles. The van der Waals surface area contributed by atoms with E-state index in [0.29, 0.717) is 6.42 Å². The van der Waals surface area contributed by atoms with Gasteiger partial charge in [0.05, 0.1) is 11.1 Å². The van der Waals surface area contributed by atoms with Crippen molar-refractivity contribution in [3.05, 3.63) is 23.8 Å². The summed E-state index contributed by atoms with van der Waals surface area (Å²) >= 11 is 0. The zero-order chi connectivity index (χ0) is 12.6. The van der Waals surface area contributed by atoms with Crippen LogP contribution in [0.1, 0.15) is 39.0 Å². The largest absolute Gasteiger partial charge is 0.478 e. The van der Waals surface area contributed by atoms with E-state index in [1.54, 1.807) is 0 Å². The maximum absolute atomic E-state index is 10.9. The smallest absolute Gasteiger partial charge is 0.336 e. The standard InChI is InChI=1S/C12H18O4/c1-3-5-6-7-8-10(12(15)16)9(4-2)11(13)14/h4H,2-3,5-8H2,1H3,(H,13,14)(H,15,16). The van der Waals surface area contributed by atoms with Gasteiger partial charge in [-0.25, -0.2) is 9.59 Å². The summed E-state index contributed by atoms with van der Waals surface area (Å²) in [7, 11) is 0. The van der Waals surface area contributed by atoms with Crippen LogP contribution in [0.2, 0.25) is 0 Å². The third kappa shape index (κ3) is 4.77. The molecule has 0 atom stereocenters. The molecule has 0 heterocycles. The van der Waals surface area contributed by atoms with E-state index < -0.39 is 11.9 Å². The van der Waals surface area contributed by atoms with E-state index in [1.807, 2.05) is 0 Å². The lowest BCUT2D eigenvalue weighted by molar-refractivity contribution is -0.135. The maximum atomic E-state index is 10.9. The van der Waals surface area contributed by atoms with E-state index in [9.17, 15) is 9.59 Å². The first kappa shape index (κ1) is 14.4. The molecular formula is C12H18O4. The molecule has 0 rings (SSSR count). The van der Waals surface area contributed by atoms with Crippen molar-refractivity contribution in [2.45, 2.75) is 39.0 Å². The van der Waals surface area contributed by atoms with Crippen LogP contribution in [0.5, 0.6) is 0 Å². The van der Waals surface area contributed by atoms with Gasteiger partial charge >= 0.3 is 11.9 Å². The third-order valence-electron chi connectivity index (χ3n) is 2.30. The third-order valence-corrected chi connectivity index (χ3v) is 2.30. The molecule has 0 aromatic rings. The fourth-order valence-corrected chi connectivity index (χ4v) is 1.42. The van der Waals surface area contributed by atoms with E-state index in [-0.39, 0.29) is 17.6 Å². The summed E-state index contributed by atoms with van der Waals surface area (Å²) < 4.78 is 0. The molecule has 0 fully saturated rings. The molecule has 0 aromatic carbocycles. The molecule has 0 radical (unpaired) electrons. The van der Waals surface area contributed by atoms with E-state index >= 15 is 0 Å². The van der Waals surface area contributed by atoms with Crippen LogP contribution in [0, 0.1) is 0 Å². The van der Waals surface area contributed by atoms with E-state index in [0.717, 1.165) is 25.3 Å². The number of unbranched alkanes of at least 4 members (excludes halogenated alkanes) is 3. The predicted molar refractivity (Wildman–Crippen MR) is 61.3 cm³/mol. The fourth-order valence-electron chi connectivity index (χ4n) is 1.42. The molecule has 90 valence electrons. The molecule has 2 N–H and O–H groups in total. The van der Waals surface area contributed by atoms with Crippen molar-refractivity contribution in [1.29, 1.82) is 0 Å². The molecule has 0 aromatic heterocycles. The minimum absolute atomic E-state index is 0.0568. The molecule has 0 amide bonds. The van der Waals surface area contributed by atoms with Crippen molar-refractivity contribution < 1.29 is 19.8 Å². The second kappa shape index (κ2) is 7.68. The summed E-state index contributed by atoms with van der Waals surface area (Å²) in [6, 6.07) is 0. The molecule has 4 nitrogen and oxygen atoms in total. The van der Waals surface area contributed by atoms with Gasteiger partial charge in [0.1, 0.15) is 0 Å². The van der Waals surface area contributed by atoms with Crippen LogP contribution in [0.3, 0.4) is 0 Å². The van der Waals surface area contributed by atoms with Crippen LogP contribution < -0.4 is 0 Å². The summed E-state index contributed by atoms with van der Waals surface area (Å²) in [5.41, 5.74) is -0.261. The Morgan fingerprint density at radius 3 is 2.12 bits per heavy atom. The molecule has 0 bridgehead atoms. The van der Waals surface area contributed by atoms with Gasteiger partial charge in [0.2, 0.25) is 0 Å². The first-order valence-electron chi connectivity index (χ1n) is 5.36. The number of hydrogen-bond donors (Lipinski definition) is 2. The van der Waals surface area contributed by atoms with E-state index in [4.69, 9.17) is 10.2 Å². The number of carboxylic acid groups (broad SMARTS) is 2. The molecular weight excluding hydrogens is 208 g/mol. The lowest BCUT2D eigenvalue weighted by Gasteiger charge is -2.05. The Morgan fingerprint density at radius 2 is 1.75 bits per heavy atom. The van der Waals surface area contributed by atoms with Gasteiger partial charge in [-0.15, -0.1) is 0 Å². The van der Waals surface area contributed by atoms with Gasteiger partial charge in [-0.3, -0.25) is 0 Å². The highest BCUT2D eigenvalue weighted by atomic mass is 16.4. The van der Waals surface area contributed by atoms with E-state index in [1.165, 1.54) is 0 Å². The highest BCUT2D eigenvalue weighted by Gasteiger charge is 2.16. The van der Waals surface area contributed by atoms with Gasteiger partial charge < -0.3 is 10.2 Å². The minimum Gasteiger partial charge on any atom is -0.478 e. The first-order chi connectivity index (χ1) is 7.54. The van der Waals surface area contributed by atoms with Crippen LogP contribution in [0.15, 0.2) is 23.8 Å². The second-order valence-corrected chi connectivity index (χ2v) is 3.52. The van der Waals surface area contributed by atoms with Gasteiger partial charge in [0.15, 0.2) is 0 Å². The van der Waals surface area contributed by atoms with Gasteiger partial charge in [-0.2, -0.15) is 0 Å². The Bertz CT molecular complexity index is 302. The number of carbonyl (C=O) groups is 2. The molecule has 0 aliphatic rings. The summed E-state index contributed by atoms with van der Waals surface area (Å²) in [4.78, 5) is 21.7. The molecule has 0 aliphatic carbocycles. The van der Waals surface area contributed by atoms with Crippen molar-refractivity contribution in [2.75, 3.05) is 0 Å². The average Bonchev–Trinajstić information content (AvgIpc) is 2.21. The number of hydrogen-bond acceptors (Lipinski definition) is 2. The molecule has 0 spiro atoms. The zero-order valence-electron chi connectivity index (χ0n) is 9.53. The molecule has 16 heavy (non-hydrogen) atoms.